The van der Waals surface area contributed by atoms with E-state index in [1.165, 1.54) is 0 Å². The molecule has 150 valence electrons. The van der Waals surface area contributed by atoms with Crippen LogP contribution in [0.5, 0.6) is 0 Å². The number of carbonyl (C=O) groups excluding carboxylic acids is 1. The predicted octanol–water partition coefficient (Wildman–Crippen LogP) is 1.46. The van der Waals surface area contributed by atoms with Gasteiger partial charge in [0.15, 0.2) is 0 Å². The Morgan fingerprint density at radius 3 is 1.46 bits per heavy atom. The number of carboxylic acids is 2. The number of carbonyl (C=O) groups is 5. The molecule has 1 aliphatic heterocycles. The van der Waals surface area contributed by atoms with Crippen LogP contribution in [0.3, 0.4) is 0 Å². The fourth-order valence-electron chi connectivity index (χ4n) is 0.806. The number of aliphatic carboxylic acids is 2. The van der Waals surface area contributed by atoms with E-state index in [0.717, 1.165) is 31.4 Å². The number of primary amides is 1. The molecule has 0 saturated carbocycles. The molecule has 0 aliphatic carbocycles. The van der Waals surface area contributed by atoms with Gasteiger partial charge in [-0.25, -0.2) is 19.2 Å². The van der Waals surface area contributed by atoms with Crippen LogP contribution in [0.2, 0.25) is 0 Å². The average molecular weight is 381 g/mol. The zero-order chi connectivity index (χ0) is 21.5. The van der Waals surface area contributed by atoms with Crippen molar-refractivity contribution in [3.63, 3.8) is 0 Å². The molecule has 0 atom stereocenters. The van der Waals surface area contributed by atoms with E-state index in [2.05, 4.69) is 18.9 Å². The highest BCUT2D eigenvalue weighted by Gasteiger charge is 2.05. The van der Waals surface area contributed by atoms with E-state index in [0.29, 0.717) is 13.0 Å². The van der Waals surface area contributed by atoms with Gasteiger partial charge in [-0.3, -0.25) is 4.79 Å². The summed E-state index contributed by atoms with van der Waals surface area (Å²) >= 11 is 0. The Hall–Kier alpha value is -3.57. The van der Waals surface area contributed by atoms with Crippen LogP contribution in [0.1, 0.15) is 25.7 Å². The summed E-state index contributed by atoms with van der Waals surface area (Å²) in [6.07, 6.45) is 2.33. The van der Waals surface area contributed by atoms with Gasteiger partial charge in [-0.2, -0.15) is 0 Å². The highest BCUT2D eigenvalue weighted by molar-refractivity contribution is 5.79. The molecule has 1 saturated heterocycles. The Balaban J connectivity index is -0.000000121. The Bertz CT molecular complexity index is 412. The molecule has 0 radical (unpaired) electrons. The lowest BCUT2D eigenvalue weighted by Gasteiger charge is -1.93. The smallest absolute Gasteiger partial charge is 0.478 e. The molecule has 1 fully saturated rings. The number of cyclic esters (lactones) is 1. The molecule has 0 aromatic rings. The Kier molecular flexibility index (Phi) is 27.6. The van der Waals surface area contributed by atoms with Crippen molar-refractivity contribution < 1.29 is 54.2 Å². The molecule has 0 bridgehead atoms. The molecular weight excluding hydrogens is 358 g/mol. The van der Waals surface area contributed by atoms with Gasteiger partial charge in [-0.05, 0) is 19.3 Å². The minimum atomic E-state index is -1.83. The van der Waals surface area contributed by atoms with Crippen molar-refractivity contribution in [3.05, 3.63) is 25.3 Å². The molecule has 1 rings (SSSR count). The lowest BCUT2D eigenvalue weighted by molar-refractivity contribution is -0.142. The average Bonchev–Trinajstić information content (AvgIpc) is 2.75. The second-order valence-corrected chi connectivity index (χ2v) is 3.74. The Morgan fingerprint density at radius 2 is 1.19 bits per heavy atom. The van der Waals surface area contributed by atoms with Crippen molar-refractivity contribution in [2.24, 2.45) is 5.73 Å². The Labute approximate surface area is 148 Å². The van der Waals surface area contributed by atoms with Gasteiger partial charge in [-0.15, -0.1) is 0 Å². The fourth-order valence-corrected chi connectivity index (χ4v) is 0.806. The number of carboxylic acid groups (broad SMARTS) is 5. The van der Waals surface area contributed by atoms with Crippen molar-refractivity contribution in [2.45, 2.75) is 25.7 Å². The quantitative estimate of drug-likeness (QED) is 0.296. The van der Waals surface area contributed by atoms with Gasteiger partial charge in [0.05, 0.1) is 6.61 Å². The van der Waals surface area contributed by atoms with Gasteiger partial charge in [0, 0.05) is 18.6 Å². The van der Waals surface area contributed by atoms with Gasteiger partial charge in [0.2, 0.25) is 0 Å². The Morgan fingerprint density at radius 1 is 0.885 bits per heavy atom. The number of hydrogen-bond acceptors (Lipinski definition) is 6. The molecular formula is C14H23NO11. The van der Waals surface area contributed by atoms with E-state index in [1.807, 2.05) is 0 Å². The number of amides is 1. The minimum absolute atomic E-state index is 0.0255. The number of hydrogen-bond donors (Lipinski definition) is 6. The van der Waals surface area contributed by atoms with Gasteiger partial charge in [-0.1, -0.05) is 13.2 Å². The second-order valence-electron chi connectivity index (χ2n) is 3.74. The van der Waals surface area contributed by atoms with E-state index < -0.39 is 24.2 Å². The zero-order valence-corrected chi connectivity index (χ0v) is 13.9. The molecule has 1 aliphatic rings. The molecule has 1 heterocycles. The first-order valence-corrected chi connectivity index (χ1v) is 6.67. The monoisotopic (exact) mass is 381 g/mol. The molecule has 1 amide bonds. The van der Waals surface area contributed by atoms with Crippen molar-refractivity contribution in [3.8, 4) is 0 Å². The maximum atomic E-state index is 10.5. The van der Waals surface area contributed by atoms with Gasteiger partial charge in [0.1, 0.15) is 0 Å². The zero-order valence-electron chi connectivity index (χ0n) is 13.9. The standard InChI is InChI=1S/C6H10O2.2C3H4O2.CH3NO2.CH2O3/c7-6-4-2-1-3-5-8-6;2*1-2-3(4)5;2*2-1(3)4/h1-5H2;2*2H,1H2,(H,4,5);2H2,(H,3,4);(H2,2,3,4). The van der Waals surface area contributed by atoms with Gasteiger partial charge >= 0.3 is 30.2 Å². The summed E-state index contributed by atoms with van der Waals surface area (Å²) in [7, 11) is 0. The molecule has 26 heavy (non-hydrogen) atoms. The SMILES string of the molecule is C=CC(=O)O.C=CC(=O)O.NC(=O)O.O=C(O)O.O=C1CCCCCO1. The lowest BCUT2D eigenvalue weighted by Crippen LogP contribution is -2.03. The van der Waals surface area contributed by atoms with Crippen LogP contribution in [-0.4, -0.2) is 62.3 Å². The summed E-state index contributed by atoms with van der Waals surface area (Å²) in [6, 6.07) is 0. The summed E-state index contributed by atoms with van der Waals surface area (Å²) in [5.74, 6) is -1.99. The van der Waals surface area contributed by atoms with Crippen molar-refractivity contribution >= 4 is 30.2 Å². The first kappa shape index (κ1) is 30.3. The summed E-state index contributed by atoms with van der Waals surface area (Å²) in [4.78, 5) is 46.3. The first-order chi connectivity index (χ1) is 11.9. The third-order valence-corrected chi connectivity index (χ3v) is 1.64. The lowest BCUT2D eigenvalue weighted by atomic mass is 10.2. The van der Waals surface area contributed by atoms with Crippen LogP contribution in [0, 0.1) is 0 Å². The van der Waals surface area contributed by atoms with E-state index in [9.17, 15) is 14.4 Å². The van der Waals surface area contributed by atoms with E-state index in [1.54, 1.807) is 0 Å². The third kappa shape index (κ3) is 86.7. The highest BCUT2D eigenvalue weighted by atomic mass is 16.6. The van der Waals surface area contributed by atoms with E-state index >= 15 is 0 Å². The van der Waals surface area contributed by atoms with Crippen LogP contribution in [0.4, 0.5) is 9.59 Å². The van der Waals surface area contributed by atoms with Gasteiger partial charge in [0.25, 0.3) is 0 Å². The molecule has 12 heteroatoms. The highest BCUT2D eigenvalue weighted by Crippen LogP contribution is 2.06. The van der Waals surface area contributed by atoms with Crippen LogP contribution in [0.25, 0.3) is 0 Å². The van der Waals surface area contributed by atoms with E-state index in [4.69, 9.17) is 39.9 Å². The van der Waals surface area contributed by atoms with Crippen molar-refractivity contribution in [1.82, 2.24) is 0 Å². The largest absolute Gasteiger partial charge is 0.503 e. The van der Waals surface area contributed by atoms with Crippen molar-refractivity contribution in [1.29, 1.82) is 0 Å². The van der Waals surface area contributed by atoms with Crippen LogP contribution >= 0.6 is 0 Å². The molecule has 0 aromatic carbocycles. The van der Waals surface area contributed by atoms with Gasteiger partial charge < -0.3 is 36.0 Å². The normalized spacial score (nSPS) is 11.0. The third-order valence-electron chi connectivity index (χ3n) is 1.64. The second kappa shape index (κ2) is 23.7. The molecule has 7 N–H and O–H groups in total. The molecule has 12 nitrogen and oxygen atoms in total. The summed E-state index contributed by atoms with van der Waals surface area (Å²) in [6.45, 7) is 6.56. The van der Waals surface area contributed by atoms with Crippen LogP contribution in [-0.2, 0) is 19.1 Å². The number of nitrogens with two attached hydrogens (primary N) is 1. The van der Waals surface area contributed by atoms with Crippen molar-refractivity contribution in [2.75, 3.05) is 6.61 Å². The molecule has 0 spiro atoms. The van der Waals surface area contributed by atoms with E-state index in [-0.39, 0.29) is 5.97 Å². The van der Waals surface area contributed by atoms with Crippen LogP contribution < -0.4 is 5.73 Å². The topological polar surface area (TPSA) is 222 Å². The summed E-state index contributed by atoms with van der Waals surface area (Å²) < 4.78 is 4.76. The summed E-state index contributed by atoms with van der Waals surface area (Å²) in [5.41, 5.74) is 4.03. The fraction of sp³-hybridized carbons (Fsp3) is 0.357. The predicted molar refractivity (Wildman–Crippen MR) is 88.0 cm³/mol. The number of rotatable bonds is 2. The van der Waals surface area contributed by atoms with Crippen LogP contribution in [0.15, 0.2) is 25.3 Å². The number of ether oxygens (including phenoxy) is 1. The first-order valence-electron chi connectivity index (χ1n) is 6.67. The molecule has 0 aromatic heterocycles. The minimum Gasteiger partial charge on any atom is -0.478 e. The number of esters is 1. The molecule has 0 unspecified atom stereocenters. The maximum absolute atomic E-state index is 10.5. The summed E-state index contributed by atoms with van der Waals surface area (Å²) in [5, 5.41) is 36.3. The maximum Gasteiger partial charge on any atom is 0.503 e.